The number of nitrogens with zero attached hydrogens (tertiary/aromatic N) is 1. The molecule has 22 heavy (non-hydrogen) atoms. The van der Waals surface area contributed by atoms with Gasteiger partial charge in [-0.25, -0.2) is 13.1 Å². The summed E-state index contributed by atoms with van der Waals surface area (Å²) in [4.78, 5) is 23.4. The highest BCUT2D eigenvalue weighted by atomic mass is 32.2. The summed E-state index contributed by atoms with van der Waals surface area (Å²) in [6, 6.07) is 1.30. The lowest BCUT2D eigenvalue weighted by Crippen LogP contribution is -2.36. The maximum Gasteiger partial charge on any atom is 0.268 e. The van der Waals surface area contributed by atoms with Crippen LogP contribution in [0.5, 0.6) is 0 Å². The third-order valence-corrected chi connectivity index (χ3v) is 4.41. The monoisotopic (exact) mass is 330 g/mol. The van der Waals surface area contributed by atoms with Gasteiger partial charge in [0.1, 0.15) is 10.6 Å². The highest BCUT2D eigenvalue weighted by molar-refractivity contribution is 7.89. The van der Waals surface area contributed by atoms with Crippen LogP contribution >= 0.6 is 0 Å². The standard InChI is InChI=1S/C13H22N4O4S/c1-9(2)12(18)15-5-6-16-13(19)11-7-10(8-17(11)4)22(20,21)14-3/h7-9,14H,5-6H2,1-4H3,(H,15,18)(H,16,19). The predicted molar refractivity (Wildman–Crippen MR) is 81.8 cm³/mol. The molecule has 0 radical (unpaired) electrons. The van der Waals surface area contributed by atoms with Crippen molar-refractivity contribution < 1.29 is 18.0 Å². The van der Waals surface area contributed by atoms with Crippen molar-refractivity contribution in [3.8, 4) is 0 Å². The lowest BCUT2D eigenvalue weighted by Gasteiger charge is -2.09. The van der Waals surface area contributed by atoms with Crippen LogP contribution in [-0.2, 0) is 21.9 Å². The minimum absolute atomic E-state index is 0.0239. The van der Waals surface area contributed by atoms with Gasteiger partial charge in [-0.1, -0.05) is 13.8 Å². The second kappa shape index (κ2) is 7.41. The van der Waals surface area contributed by atoms with Gasteiger partial charge in [0.05, 0.1) is 0 Å². The molecule has 0 aliphatic heterocycles. The van der Waals surface area contributed by atoms with E-state index in [0.717, 1.165) is 0 Å². The molecule has 124 valence electrons. The zero-order valence-electron chi connectivity index (χ0n) is 13.1. The Labute approximate surface area is 130 Å². The lowest BCUT2D eigenvalue weighted by atomic mass is 10.2. The Kier molecular flexibility index (Phi) is 6.12. The third-order valence-electron chi connectivity index (χ3n) is 3.03. The minimum Gasteiger partial charge on any atom is -0.354 e. The van der Waals surface area contributed by atoms with E-state index in [4.69, 9.17) is 0 Å². The number of hydrogen-bond donors (Lipinski definition) is 3. The number of aromatic nitrogens is 1. The van der Waals surface area contributed by atoms with Crippen LogP contribution in [0.3, 0.4) is 0 Å². The Hall–Kier alpha value is -1.87. The van der Waals surface area contributed by atoms with Crippen molar-refractivity contribution in [3.05, 3.63) is 18.0 Å². The van der Waals surface area contributed by atoms with E-state index in [1.54, 1.807) is 20.9 Å². The predicted octanol–water partition coefficient (Wildman–Crippen LogP) is -0.565. The van der Waals surface area contributed by atoms with Gasteiger partial charge >= 0.3 is 0 Å². The van der Waals surface area contributed by atoms with Gasteiger partial charge in [-0.15, -0.1) is 0 Å². The molecule has 0 bridgehead atoms. The van der Waals surface area contributed by atoms with Crippen molar-refractivity contribution in [1.29, 1.82) is 0 Å². The van der Waals surface area contributed by atoms with Gasteiger partial charge in [0.15, 0.2) is 0 Å². The van der Waals surface area contributed by atoms with Crippen molar-refractivity contribution in [2.24, 2.45) is 13.0 Å². The topological polar surface area (TPSA) is 109 Å². The molecule has 9 heteroatoms. The van der Waals surface area contributed by atoms with Crippen molar-refractivity contribution in [3.63, 3.8) is 0 Å². The van der Waals surface area contributed by atoms with Crippen LogP contribution in [0.25, 0.3) is 0 Å². The summed E-state index contributed by atoms with van der Waals surface area (Å²) < 4.78 is 27.0. The van der Waals surface area contributed by atoms with Crippen LogP contribution in [-0.4, -0.2) is 44.9 Å². The Bertz CT molecular complexity index is 649. The van der Waals surface area contributed by atoms with E-state index in [2.05, 4.69) is 15.4 Å². The normalized spacial score (nSPS) is 11.5. The van der Waals surface area contributed by atoms with Crippen molar-refractivity contribution >= 4 is 21.8 Å². The van der Waals surface area contributed by atoms with Crippen LogP contribution in [0.2, 0.25) is 0 Å². The molecule has 1 aromatic heterocycles. The lowest BCUT2D eigenvalue weighted by molar-refractivity contribution is -0.123. The SMILES string of the molecule is CNS(=O)(=O)c1cc(C(=O)NCCNC(=O)C(C)C)n(C)c1. The average Bonchev–Trinajstić information content (AvgIpc) is 2.85. The summed E-state index contributed by atoms with van der Waals surface area (Å²) in [7, 11) is -0.695. The van der Waals surface area contributed by atoms with Gasteiger partial charge in [-0.2, -0.15) is 0 Å². The van der Waals surface area contributed by atoms with Crippen molar-refractivity contribution in [2.75, 3.05) is 20.1 Å². The maximum absolute atomic E-state index is 12.0. The number of hydrogen-bond acceptors (Lipinski definition) is 4. The second-order valence-electron chi connectivity index (χ2n) is 5.08. The van der Waals surface area contributed by atoms with E-state index >= 15 is 0 Å². The molecule has 0 spiro atoms. The molecule has 3 N–H and O–H groups in total. The molecule has 0 fully saturated rings. The summed E-state index contributed by atoms with van der Waals surface area (Å²) in [6.07, 6.45) is 1.36. The number of carbonyl (C=O) groups excluding carboxylic acids is 2. The zero-order valence-corrected chi connectivity index (χ0v) is 14.0. The Balaban J connectivity index is 2.62. The highest BCUT2D eigenvalue weighted by Gasteiger charge is 2.18. The molecule has 0 aliphatic carbocycles. The summed E-state index contributed by atoms with van der Waals surface area (Å²) in [5.41, 5.74) is 0.226. The summed E-state index contributed by atoms with van der Waals surface area (Å²) in [5, 5.41) is 5.30. The smallest absolute Gasteiger partial charge is 0.268 e. The van der Waals surface area contributed by atoms with Gasteiger partial charge in [0, 0.05) is 32.3 Å². The molecule has 1 heterocycles. The summed E-state index contributed by atoms with van der Waals surface area (Å²) in [5.74, 6) is -0.604. The molecule has 0 saturated heterocycles. The molecule has 0 unspecified atom stereocenters. The Morgan fingerprint density at radius 1 is 1.23 bits per heavy atom. The fourth-order valence-corrected chi connectivity index (χ4v) is 2.48. The molecule has 8 nitrogen and oxygen atoms in total. The molecule has 0 aliphatic rings. The van der Waals surface area contributed by atoms with Crippen molar-refractivity contribution in [2.45, 2.75) is 18.7 Å². The Morgan fingerprint density at radius 3 is 2.36 bits per heavy atom. The summed E-state index contributed by atoms with van der Waals surface area (Å²) in [6.45, 7) is 4.13. The molecule has 0 atom stereocenters. The van der Waals surface area contributed by atoms with Crippen LogP contribution < -0.4 is 15.4 Å². The van der Waals surface area contributed by atoms with E-state index in [0.29, 0.717) is 6.54 Å². The number of carbonyl (C=O) groups is 2. The van der Waals surface area contributed by atoms with Gasteiger partial charge in [-0.05, 0) is 13.1 Å². The average molecular weight is 330 g/mol. The maximum atomic E-state index is 12.0. The first-order chi connectivity index (χ1) is 10.2. The number of amides is 2. The number of rotatable bonds is 7. The highest BCUT2D eigenvalue weighted by Crippen LogP contribution is 2.12. The minimum atomic E-state index is -3.59. The Morgan fingerprint density at radius 2 is 1.82 bits per heavy atom. The third kappa shape index (κ3) is 4.57. The number of sulfonamides is 1. The zero-order chi connectivity index (χ0) is 16.9. The van der Waals surface area contributed by atoms with Gasteiger partial charge in [0.25, 0.3) is 5.91 Å². The van der Waals surface area contributed by atoms with Gasteiger partial charge in [0.2, 0.25) is 15.9 Å². The number of aryl methyl sites for hydroxylation is 1. The molecule has 0 aromatic carbocycles. The van der Waals surface area contributed by atoms with E-state index in [-0.39, 0.29) is 29.0 Å². The molecule has 1 aromatic rings. The first kappa shape index (κ1) is 18.2. The fraction of sp³-hybridized carbons (Fsp3) is 0.538. The van der Waals surface area contributed by atoms with Crippen LogP contribution in [0.4, 0.5) is 0 Å². The molecular formula is C13H22N4O4S. The molecule has 1 rings (SSSR count). The first-order valence-electron chi connectivity index (χ1n) is 6.85. The van der Waals surface area contributed by atoms with Gasteiger partial charge < -0.3 is 15.2 Å². The number of nitrogens with one attached hydrogen (secondary N) is 3. The van der Waals surface area contributed by atoms with E-state index in [9.17, 15) is 18.0 Å². The van der Waals surface area contributed by atoms with E-state index < -0.39 is 15.9 Å². The van der Waals surface area contributed by atoms with Crippen molar-refractivity contribution in [1.82, 2.24) is 19.9 Å². The van der Waals surface area contributed by atoms with Gasteiger partial charge in [-0.3, -0.25) is 9.59 Å². The largest absolute Gasteiger partial charge is 0.354 e. The second-order valence-corrected chi connectivity index (χ2v) is 6.97. The molecular weight excluding hydrogens is 308 g/mol. The summed E-state index contributed by atoms with van der Waals surface area (Å²) >= 11 is 0. The van der Waals surface area contributed by atoms with Crippen LogP contribution in [0.1, 0.15) is 24.3 Å². The molecule has 2 amide bonds. The fourth-order valence-electron chi connectivity index (χ4n) is 1.68. The van der Waals surface area contributed by atoms with Crippen LogP contribution in [0.15, 0.2) is 17.2 Å². The van der Waals surface area contributed by atoms with Crippen LogP contribution in [0, 0.1) is 5.92 Å². The van der Waals surface area contributed by atoms with E-state index in [1.165, 1.54) is 23.9 Å². The molecule has 0 saturated carbocycles. The van der Waals surface area contributed by atoms with E-state index in [1.807, 2.05) is 0 Å². The first-order valence-corrected chi connectivity index (χ1v) is 8.33. The quantitative estimate of drug-likeness (QED) is 0.582.